The van der Waals surface area contributed by atoms with E-state index in [-0.39, 0.29) is 18.7 Å². The van der Waals surface area contributed by atoms with Crippen molar-refractivity contribution in [2.75, 3.05) is 27.3 Å². The van der Waals surface area contributed by atoms with E-state index in [4.69, 9.17) is 14.2 Å². The Hall–Kier alpha value is -1.14. The number of likely N-dealkylation sites (N-methyl/N-ethyl adjacent to an activating group) is 1. The molecule has 1 heterocycles. The van der Waals surface area contributed by atoms with Crippen molar-refractivity contribution in [2.24, 2.45) is 0 Å². The fourth-order valence-corrected chi connectivity index (χ4v) is 2.08. The summed E-state index contributed by atoms with van der Waals surface area (Å²) in [5.41, 5.74) is -0.533. The Kier molecular flexibility index (Phi) is 5.31. The summed E-state index contributed by atoms with van der Waals surface area (Å²) >= 11 is 0. The second-order valence-electron chi connectivity index (χ2n) is 5.67. The molecule has 0 spiro atoms. The average Bonchev–Trinajstić information content (AvgIpc) is 2.64. The molecule has 0 aromatic carbocycles. The van der Waals surface area contributed by atoms with Crippen LogP contribution in [0.4, 0.5) is 0 Å². The van der Waals surface area contributed by atoms with Crippen molar-refractivity contribution in [3.8, 4) is 0 Å². The molecule has 0 unspecified atom stereocenters. The molecule has 1 fully saturated rings. The number of methoxy groups -OCH3 is 1. The average molecular weight is 273 g/mol. The highest BCUT2D eigenvalue weighted by Gasteiger charge is 2.39. The number of likely N-dealkylation sites (tertiary alicyclic amines) is 1. The second kappa shape index (κ2) is 6.34. The van der Waals surface area contributed by atoms with Gasteiger partial charge in [0.1, 0.15) is 18.2 Å². The molecule has 0 N–H and O–H groups in total. The van der Waals surface area contributed by atoms with Gasteiger partial charge in [-0.1, -0.05) is 0 Å². The molecule has 0 bridgehead atoms. The van der Waals surface area contributed by atoms with Crippen LogP contribution in [0.3, 0.4) is 0 Å². The molecule has 1 aliphatic heterocycles. The standard InChI is InChI=1S/C13H23NO5/c1-13(2,3)19-10(15)8-18-9-6-7-14(4)11(9)12(16)17-5/h9,11H,6-8H2,1-5H3/t9-,11-/m0/s1. The number of esters is 2. The van der Waals surface area contributed by atoms with E-state index in [0.29, 0.717) is 6.42 Å². The lowest BCUT2D eigenvalue weighted by Gasteiger charge is -2.23. The van der Waals surface area contributed by atoms with E-state index in [1.165, 1.54) is 7.11 Å². The van der Waals surface area contributed by atoms with Crippen LogP contribution in [-0.4, -0.2) is 61.9 Å². The van der Waals surface area contributed by atoms with E-state index in [0.717, 1.165) is 6.54 Å². The first-order valence-electron chi connectivity index (χ1n) is 6.36. The molecule has 6 heteroatoms. The zero-order chi connectivity index (χ0) is 14.6. The fourth-order valence-electron chi connectivity index (χ4n) is 2.08. The Bertz CT molecular complexity index is 336. The minimum Gasteiger partial charge on any atom is -0.468 e. The first-order chi connectivity index (χ1) is 8.74. The Morgan fingerprint density at radius 2 is 1.95 bits per heavy atom. The molecule has 6 nitrogen and oxygen atoms in total. The maximum Gasteiger partial charge on any atom is 0.332 e. The number of ether oxygens (including phenoxy) is 3. The molecule has 1 saturated heterocycles. The Morgan fingerprint density at radius 1 is 1.32 bits per heavy atom. The van der Waals surface area contributed by atoms with Crippen molar-refractivity contribution >= 4 is 11.9 Å². The van der Waals surface area contributed by atoms with Crippen molar-refractivity contribution in [2.45, 2.75) is 44.9 Å². The van der Waals surface area contributed by atoms with Crippen LogP contribution in [0, 0.1) is 0 Å². The number of nitrogens with zero attached hydrogens (tertiary/aromatic N) is 1. The van der Waals surface area contributed by atoms with Crippen molar-refractivity contribution < 1.29 is 23.8 Å². The highest BCUT2D eigenvalue weighted by atomic mass is 16.6. The largest absolute Gasteiger partial charge is 0.468 e. The molecule has 19 heavy (non-hydrogen) atoms. The molecular weight excluding hydrogens is 250 g/mol. The third-order valence-electron chi connectivity index (χ3n) is 2.87. The van der Waals surface area contributed by atoms with Gasteiger partial charge in [-0.2, -0.15) is 0 Å². The van der Waals surface area contributed by atoms with Crippen molar-refractivity contribution in [1.82, 2.24) is 4.90 Å². The summed E-state index contributed by atoms with van der Waals surface area (Å²) in [6, 6.07) is -0.451. The number of hydrogen-bond acceptors (Lipinski definition) is 6. The third-order valence-corrected chi connectivity index (χ3v) is 2.87. The molecule has 0 aromatic rings. The third kappa shape index (κ3) is 4.80. The molecule has 1 aliphatic rings. The molecule has 0 aromatic heterocycles. The van der Waals surface area contributed by atoms with E-state index < -0.39 is 17.6 Å². The van der Waals surface area contributed by atoms with Crippen LogP contribution in [0.25, 0.3) is 0 Å². The van der Waals surface area contributed by atoms with Gasteiger partial charge < -0.3 is 14.2 Å². The SMILES string of the molecule is COC(=O)[C@@H]1[C@@H](OCC(=O)OC(C)(C)C)CCN1C. The normalized spacial score (nSPS) is 24.3. The highest BCUT2D eigenvalue weighted by Crippen LogP contribution is 2.20. The molecule has 0 saturated carbocycles. The molecule has 1 rings (SSSR count). The molecule has 0 amide bonds. The Balaban J connectivity index is 2.48. The van der Waals surface area contributed by atoms with Crippen LogP contribution in [0.1, 0.15) is 27.2 Å². The smallest absolute Gasteiger partial charge is 0.332 e. The number of carbonyl (C=O) groups excluding carboxylic acids is 2. The van der Waals surface area contributed by atoms with E-state index in [9.17, 15) is 9.59 Å². The summed E-state index contributed by atoms with van der Waals surface area (Å²) in [5, 5.41) is 0. The van der Waals surface area contributed by atoms with Crippen LogP contribution < -0.4 is 0 Å². The molecule has 0 aliphatic carbocycles. The monoisotopic (exact) mass is 273 g/mol. The lowest BCUT2D eigenvalue weighted by Crippen LogP contribution is -2.42. The zero-order valence-electron chi connectivity index (χ0n) is 12.3. The van der Waals surface area contributed by atoms with Crippen molar-refractivity contribution in [3.63, 3.8) is 0 Å². The highest BCUT2D eigenvalue weighted by molar-refractivity contribution is 5.77. The van der Waals surface area contributed by atoms with Crippen LogP contribution in [-0.2, 0) is 23.8 Å². The van der Waals surface area contributed by atoms with Crippen molar-refractivity contribution in [3.05, 3.63) is 0 Å². The summed E-state index contributed by atoms with van der Waals surface area (Å²) in [5.74, 6) is -0.764. The molecular formula is C13H23NO5. The van der Waals surface area contributed by atoms with Gasteiger partial charge in [-0.25, -0.2) is 4.79 Å². The number of rotatable bonds is 4. The van der Waals surface area contributed by atoms with Gasteiger partial charge >= 0.3 is 11.9 Å². The van der Waals surface area contributed by atoms with Crippen LogP contribution in [0.15, 0.2) is 0 Å². The molecule has 0 radical (unpaired) electrons. The van der Waals surface area contributed by atoms with Gasteiger partial charge in [0.2, 0.25) is 0 Å². The number of hydrogen-bond donors (Lipinski definition) is 0. The van der Waals surface area contributed by atoms with Crippen LogP contribution in [0.5, 0.6) is 0 Å². The maximum absolute atomic E-state index is 11.6. The summed E-state index contributed by atoms with van der Waals surface area (Å²) in [6.45, 7) is 5.98. The Labute approximate surface area is 114 Å². The lowest BCUT2D eigenvalue weighted by atomic mass is 10.1. The van der Waals surface area contributed by atoms with E-state index in [2.05, 4.69) is 0 Å². The molecule has 2 atom stereocenters. The quantitative estimate of drug-likeness (QED) is 0.699. The van der Waals surface area contributed by atoms with Gasteiger partial charge in [0.05, 0.1) is 13.2 Å². The minimum absolute atomic E-state index is 0.150. The maximum atomic E-state index is 11.6. The number of carbonyl (C=O) groups is 2. The van der Waals surface area contributed by atoms with Gasteiger partial charge in [0.25, 0.3) is 0 Å². The predicted octanol–water partition coefficient (Wildman–Crippen LogP) is 0.590. The second-order valence-corrected chi connectivity index (χ2v) is 5.67. The summed E-state index contributed by atoms with van der Waals surface area (Å²) in [7, 11) is 3.18. The first kappa shape index (κ1) is 15.9. The zero-order valence-corrected chi connectivity index (χ0v) is 12.3. The van der Waals surface area contributed by atoms with Crippen molar-refractivity contribution in [1.29, 1.82) is 0 Å². The minimum atomic E-state index is -0.533. The summed E-state index contributed by atoms with van der Waals surface area (Å²) in [4.78, 5) is 25.1. The predicted molar refractivity (Wildman–Crippen MR) is 68.6 cm³/mol. The lowest BCUT2D eigenvalue weighted by molar-refractivity contribution is -0.165. The van der Waals surface area contributed by atoms with Gasteiger partial charge in [-0.05, 0) is 34.2 Å². The fraction of sp³-hybridized carbons (Fsp3) is 0.846. The summed E-state index contributed by atoms with van der Waals surface area (Å²) in [6.07, 6.45) is 0.365. The van der Waals surface area contributed by atoms with Gasteiger partial charge in [0, 0.05) is 6.54 Å². The van der Waals surface area contributed by atoms with Gasteiger partial charge in [0.15, 0.2) is 0 Å². The van der Waals surface area contributed by atoms with Gasteiger partial charge in [-0.15, -0.1) is 0 Å². The van der Waals surface area contributed by atoms with E-state index in [1.807, 2.05) is 11.9 Å². The molecule has 110 valence electrons. The topological polar surface area (TPSA) is 65.1 Å². The van der Waals surface area contributed by atoms with Gasteiger partial charge in [-0.3, -0.25) is 9.69 Å². The summed E-state index contributed by atoms with van der Waals surface area (Å²) < 4.78 is 15.4. The first-order valence-corrected chi connectivity index (χ1v) is 6.36. The van der Waals surface area contributed by atoms with Crippen LogP contribution >= 0.6 is 0 Å². The van der Waals surface area contributed by atoms with E-state index in [1.54, 1.807) is 20.8 Å². The van der Waals surface area contributed by atoms with E-state index >= 15 is 0 Å². The van der Waals surface area contributed by atoms with Crippen LogP contribution in [0.2, 0.25) is 0 Å². The Morgan fingerprint density at radius 3 is 2.47 bits per heavy atom.